The zero-order valence-corrected chi connectivity index (χ0v) is 14.0. The van der Waals surface area contributed by atoms with Crippen molar-refractivity contribution in [2.24, 2.45) is 5.92 Å². The molecule has 1 saturated heterocycles. The van der Waals surface area contributed by atoms with Crippen LogP contribution in [-0.4, -0.2) is 45.1 Å². The van der Waals surface area contributed by atoms with Crippen molar-refractivity contribution in [1.82, 2.24) is 9.62 Å². The molecule has 0 bridgehead atoms. The number of carbonyl (C=O) groups is 1. The van der Waals surface area contributed by atoms with Gasteiger partial charge in [0, 0.05) is 19.6 Å². The number of rotatable bonds is 4. The third-order valence-corrected chi connectivity index (χ3v) is 4.59. The minimum atomic E-state index is -4.60. The zero-order valence-electron chi connectivity index (χ0n) is 13.1. The van der Waals surface area contributed by atoms with Crippen molar-refractivity contribution in [3.8, 4) is 0 Å². The molecule has 0 spiro atoms. The molecule has 1 fully saturated rings. The number of likely N-dealkylation sites (tertiary alicyclic amines) is 1. The van der Waals surface area contributed by atoms with Crippen LogP contribution >= 0.6 is 0 Å². The molecule has 1 amide bonds. The SMILES string of the molecule is CS(=O)(=O)NC[C@@H]1CCCN(C(=O)c2ccccc2C(F)(F)F)C1. The Morgan fingerprint density at radius 2 is 2.00 bits per heavy atom. The molecule has 24 heavy (non-hydrogen) atoms. The Labute approximate surface area is 138 Å². The lowest BCUT2D eigenvalue weighted by Crippen LogP contribution is -2.44. The summed E-state index contributed by atoms with van der Waals surface area (Å²) in [5, 5.41) is 0. The molecular formula is C15H19F3N2O3S. The van der Waals surface area contributed by atoms with E-state index in [1.807, 2.05) is 0 Å². The molecule has 1 aliphatic heterocycles. The van der Waals surface area contributed by atoms with Crippen LogP contribution in [0.25, 0.3) is 0 Å². The first kappa shape index (κ1) is 18.7. The molecule has 0 unspecified atom stereocenters. The summed E-state index contributed by atoms with van der Waals surface area (Å²) < 4.78 is 63.9. The largest absolute Gasteiger partial charge is 0.417 e. The van der Waals surface area contributed by atoms with E-state index in [0.717, 1.165) is 12.3 Å². The van der Waals surface area contributed by atoms with Gasteiger partial charge >= 0.3 is 6.18 Å². The third kappa shape index (κ3) is 4.94. The molecule has 5 nitrogen and oxygen atoms in total. The standard InChI is InChI=1S/C15H19F3N2O3S/c1-24(22,23)19-9-11-5-4-8-20(10-11)14(21)12-6-2-3-7-13(12)15(16,17)18/h2-3,6-7,11,19H,4-5,8-10H2,1H3/t11-/m0/s1. The molecule has 2 rings (SSSR count). The van der Waals surface area contributed by atoms with Crippen LogP contribution in [0.15, 0.2) is 24.3 Å². The Morgan fingerprint density at radius 1 is 1.33 bits per heavy atom. The van der Waals surface area contributed by atoms with Crippen LogP contribution in [0.5, 0.6) is 0 Å². The van der Waals surface area contributed by atoms with Crippen LogP contribution in [-0.2, 0) is 16.2 Å². The lowest BCUT2D eigenvalue weighted by Gasteiger charge is -2.33. The first-order valence-electron chi connectivity index (χ1n) is 7.48. The van der Waals surface area contributed by atoms with E-state index in [4.69, 9.17) is 0 Å². The molecule has 1 aliphatic rings. The van der Waals surface area contributed by atoms with Crippen molar-refractivity contribution in [3.63, 3.8) is 0 Å². The first-order valence-corrected chi connectivity index (χ1v) is 9.37. The van der Waals surface area contributed by atoms with Crippen molar-refractivity contribution < 1.29 is 26.4 Å². The van der Waals surface area contributed by atoms with Crippen molar-refractivity contribution >= 4 is 15.9 Å². The fourth-order valence-electron chi connectivity index (χ4n) is 2.77. The van der Waals surface area contributed by atoms with Crippen molar-refractivity contribution in [2.75, 3.05) is 25.9 Å². The quantitative estimate of drug-likeness (QED) is 0.890. The third-order valence-electron chi connectivity index (χ3n) is 3.90. The second-order valence-corrected chi connectivity index (χ2v) is 7.76. The second kappa shape index (κ2) is 7.10. The molecule has 1 atom stereocenters. The van der Waals surface area contributed by atoms with Gasteiger partial charge in [-0.3, -0.25) is 4.79 Å². The fraction of sp³-hybridized carbons (Fsp3) is 0.533. The number of nitrogens with one attached hydrogen (secondary N) is 1. The molecule has 1 heterocycles. The molecule has 0 saturated carbocycles. The summed E-state index contributed by atoms with van der Waals surface area (Å²) in [5.74, 6) is -0.789. The second-order valence-electron chi connectivity index (χ2n) is 5.92. The number of carbonyl (C=O) groups excluding carboxylic acids is 1. The van der Waals surface area contributed by atoms with Crippen LogP contribution in [0.3, 0.4) is 0 Å². The van der Waals surface area contributed by atoms with E-state index in [2.05, 4.69) is 4.72 Å². The van der Waals surface area contributed by atoms with Crippen LogP contribution in [0.1, 0.15) is 28.8 Å². The average Bonchev–Trinajstić information content (AvgIpc) is 2.51. The molecular weight excluding hydrogens is 345 g/mol. The topological polar surface area (TPSA) is 66.5 Å². The molecule has 0 aliphatic carbocycles. The molecule has 0 radical (unpaired) electrons. The van der Waals surface area contributed by atoms with Gasteiger partial charge < -0.3 is 4.90 Å². The number of hydrogen-bond donors (Lipinski definition) is 1. The lowest BCUT2D eigenvalue weighted by molar-refractivity contribution is -0.138. The van der Waals surface area contributed by atoms with Gasteiger partial charge in [0.15, 0.2) is 0 Å². The highest BCUT2D eigenvalue weighted by Crippen LogP contribution is 2.32. The van der Waals surface area contributed by atoms with Crippen LogP contribution in [0, 0.1) is 5.92 Å². The maximum Gasteiger partial charge on any atom is 0.417 e. The van der Waals surface area contributed by atoms with E-state index in [9.17, 15) is 26.4 Å². The highest BCUT2D eigenvalue weighted by atomic mass is 32.2. The van der Waals surface area contributed by atoms with Crippen LogP contribution in [0.4, 0.5) is 13.2 Å². The summed E-state index contributed by atoms with van der Waals surface area (Å²) in [5.41, 5.74) is -1.33. The number of halogens is 3. The average molecular weight is 364 g/mol. The summed E-state index contributed by atoms with van der Waals surface area (Å²) in [6.07, 6.45) is -2.22. The van der Waals surface area contributed by atoms with E-state index in [0.29, 0.717) is 19.4 Å². The number of sulfonamides is 1. The van der Waals surface area contributed by atoms with E-state index < -0.39 is 27.7 Å². The Balaban J connectivity index is 2.13. The summed E-state index contributed by atoms with van der Waals surface area (Å²) in [6, 6.07) is 4.70. The Hall–Kier alpha value is -1.61. The molecule has 134 valence electrons. The fourth-order valence-corrected chi connectivity index (χ4v) is 3.31. The molecule has 1 aromatic carbocycles. The van der Waals surface area contributed by atoms with Crippen molar-refractivity contribution in [3.05, 3.63) is 35.4 Å². The monoisotopic (exact) mass is 364 g/mol. The van der Waals surface area contributed by atoms with Gasteiger partial charge in [0.25, 0.3) is 5.91 Å². The summed E-state index contributed by atoms with van der Waals surface area (Å²) in [6.45, 7) is 0.761. The predicted octanol–water partition coefficient (Wildman–Crippen LogP) is 2.11. The van der Waals surface area contributed by atoms with Gasteiger partial charge in [-0.2, -0.15) is 13.2 Å². The highest BCUT2D eigenvalue weighted by molar-refractivity contribution is 7.88. The van der Waals surface area contributed by atoms with Crippen LogP contribution in [0.2, 0.25) is 0 Å². The van der Waals surface area contributed by atoms with Gasteiger partial charge in [-0.05, 0) is 30.9 Å². The summed E-state index contributed by atoms with van der Waals surface area (Å²) in [7, 11) is -3.34. The van der Waals surface area contributed by atoms with E-state index >= 15 is 0 Å². The molecule has 1 N–H and O–H groups in total. The number of hydrogen-bond acceptors (Lipinski definition) is 3. The maximum absolute atomic E-state index is 13.1. The number of piperidine rings is 1. The first-order chi connectivity index (χ1) is 11.1. The number of alkyl halides is 3. The van der Waals surface area contributed by atoms with E-state index in [1.54, 1.807) is 0 Å². The van der Waals surface area contributed by atoms with Gasteiger partial charge in [0.1, 0.15) is 0 Å². The number of benzene rings is 1. The van der Waals surface area contributed by atoms with Gasteiger partial charge in [-0.1, -0.05) is 12.1 Å². The Morgan fingerprint density at radius 3 is 2.62 bits per heavy atom. The zero-order chi connectivity index (χ0) is 18.0. The van der Waals surface area contributed by atoms with E-state index in [-0.39, 0.29) is 24.6 Å². The normalized spacial score (nSPS) is 19.3. The molecule has 0 aromatic heterocycles. The molecule has 9 heteroatoms. The summed E-state index contributed by atoms with van der Waals surface area (Å²) >= 11 is 0. The van der Waals surface area contributed by atoms with Gasteiger partial charge in [-0.15, -0.1) is 0 Å². The van der Waals surface area contributed by atoms with Crippen molar-refractivity contribution in [1.29, 1.82) is 0 Å². The van der Waals surface area contributed by atoms with Gasteiger partial charge in [0.05, 0.1) is 17.4 Å². The Kier molecular flexibility index (Phi) is 5.54. The number of nitrogens with zero attached hydrogens (tertiary/aromatic N) is 1. The minimum absolute atomic E-state index is 0.115. The lowest BCUT2D eigenvalue weighted by atomic mass is 9.97. The maximum atomic E-state index is 13.1. The van der Waals surface area contributed by atoms with Gasteiger partial charge in [-0.25, -0.2) is 13.1 Å². The minimum Gasteiger partial charge on any atom is -0.338 e. The van der Waals surface area contributed by atoms with E-state index in [1.165, 1.54) is 23.1 Å². The summed E-state index contributed by atoms with van der Waals surface area (Å²) in [4.78, 5) is 13.9. The predicted molar refractivity (Wildman–Crippen MR) is 82.9 cm³/mol. The molecule has 1 aromatic rings. The smallest absolute Gasteiger partial charge is 0.338 e. The van der Waals surface area contributed by atoms with Crippen LogP contribution < -0.4 is 4.72 Å². The van der Waals surface area contributed by atoms with Crippen molar-refractivity contribution in [2.45, 2.75) is 19.0 Å². The number of amides is 1. The van der Waals surface area contributed by atoms with Gasteiger partial charge in [0.2, 0.25) is 10.0 Å². The Bertz CT molecular complexity index is 704. The highest BCUT2D eigenvalue weighted by Gasteiger charge is 2.36.